The highest BCUT2D eigenvalue weighted by Gasteiger charge is 2.17. The number of ether oxygens (including phenoxy) is 1. The lowest BCUT2D eigenvalue weighted by molar-refractivity contribution is 0.0354. The van der Waals surface area contributed by atoms with Gasteiger partial charge in [0.25, 0.3) is 0 Å². The van der Waals surface area contributed by atoms with Crippen molar-refractivity contribution in [2.75, 3.05) is 39.3 Å². The van der Waals surface area contributed by atoms with E-state index < -0.39 is 0 Å². The molecule has 3 aromatic rings. The molecule has 174 valence electrons. The van der Waals surface area contributed by atoms with E-state index in [-0.39, 0.29) is 6.10 Å². The van der Waals surface area contributed by atoms with Gasteiger partial charge in [0.2, 0.25) is 0 Å². The van der Waals surface area contributed by atoms with Crippen molar-refractivity contribution < 1.29 is 4.74 Å². The zero-order chi connectivity index (χ0) is 22.6. The van der Waals surface area contributed by atoms with Crippen LogP contribution >= 0.6 is 0 Å². The quantitative estimate of drug-likeness (QED) is 0.321. The molecule has 0 N–H and O–H groups in total. The second kappa shape index (κ2) is 13.3. The van der Waals surface area contributed by atoms with E-state index in [4.69, 9.17) is 4.74 Å². The van der Waals surface area contributed by atoms with E-state index in [2.05, 4.69) is 101 Å². The van der Waals surface area contributed by atoms with Gasteiger partial charge in [0, 0.05) is 45.9 Å². The molecule has 1 heterocycles. The Hall–Kier alpha value is -2.46. The number of aryl methyl sites for hydroxylation is 1. The minimum absolute atomic E-state index is 0.192. The summed E-state index contributed by atoms with van der Waals surface area (Å²) >= 11 is 0. The van der Waals surface area contributed by atoms with Crippen LogP contribution in [0.5, 0.6) is 0 Å². The molecule has 3 heteroatoms. The molecule has 1 fully saturated rings. The number of hydrogen-bond acceptors (Lipinski definition) is 3. The third-order valence-corrected chi connectivity index (χ3v) is 6.60. The number of rotatable bonds is 12. The summed E-state index contributed by atoms with van der Waals surface area (Å²) in [5.41, 5.74) is 4.13. The molecule has 0 spiro atoms. The van der Waals surface area contributed by atoms with Crippen molar-refractivity contribution in [1.29, 1.82) is 0 Å². The predicted molar refractivity (Wildman–Crippen MR) is 137 cm³/mol. The van der Waals surface area contributed by atoms with Gasteiger partial charge in [-0.25, -0.2) is 0 Å². The summed E-state index contributed by atoms with van der Waals surface area (Å²) in [6.45, 7) is 7.65. The third-order valence-electron chi connectivity index (χ3n) is 6.60. The second-order valence-electron chi connectivity index (χ2n) is 9.10. The van der Waals surface area contributed by atoms with E-state index in [0.717, 1.165) is 71.6 Å². The fraction of sp³-hybridized carbons (Fsp3) is 0.400. The first kappa shape index (κ1) is 23.7. The molecule has 1 unspecified atom stereocenters. The molecule has 1 aliphatic rings. The standard InChI is InChI=1S/C30H38N2O/c1-4-12-27(13-5-1)16-10-19-30(29-17-8-3-9-18-29)33-25-11-20-31-21-23-32(24-22-31)26-28-14-6-2-7-15-28/h1-9,12-15,17-18,30H,10-11,16,19-26H2. The molecular formula is C30H38N2O. The van der Waals surface area contributed by atoms with Gasteiger partial charge in [0.15, 0.2) is 0 Å². The van der Waals surface area contributed by atoms with Gasteiger partial charge >= 0.3 is 0 Å². The Morgan fingerprint density at radius 1 is 0.636 bits per heavy atom. The van der Waals surface area contributed by atoms with Crippen molar-refractivity contribution in [3.8, 4) is 0 Å². The maximum absolute atomic E-state index is 6.42. The Balaban J connectivity index is 1.16. The predicted octanol–water partition coefficient (Wildman–Crippen LogP) is 5.98. The average molecular weight is 443 g/mol. The molecule has 0 saturated carbocycles. The van der Waals surface area contributed by atoms with E-state index in [1.54, 1.807) is 0 Å². The monoisotopic (exact) mass is 442 g/mol. The molecule has 0 amide bonds. The van der Waals surface area contributed by atoms with Gasteiger partial charge in [0.05, 0.1) is 6.10 Å². The molecule has 33 heavy (non-hydrogen) atoms. The number of piperazine rings is 1. The fourth-order valence-electron chi connectivity index (χ4n) is 4.68. The second-order valence-corrected chi connectivity index (χ2v) is 9.10. The van der Waals surface area contributed by atoms with Crippen LogP contribution in [-0.2, 0) is 17.7 Å². The maximum Gasteiger partial charge on any atom is 0.0825 e. The first-order chi connectivity index (χ1) is 16.4. The van der Waals surface area contributed by atoms with Crippen LogP contribution in [0, 0.1) is 0 Å². The summed E-state index contributed by atoms with van der Waals surface area (Å²) in [6.07, 6.45) is 4.61. The number of benzene rings is 3. The SMILES string of the molecule is c1ccc(CCCC(OCCCN2CCN(Cc3ccccc3)CC2)c2ccccc2)cc1. The van der Waals surface area contributed by atoms with Crippen molar-refractivity contribution in [3.05, 3.63) is 108 Å². The summed E-state index contributed by atoms with van der Waals surface area (Å²) in [6, 6.07) is 32.3. The normalized spacial score (nSPS) is 16.0. The largest absolute Gasteiger partial charge is 0.373 e. The summed E-state index contributed by atoms with van der Waals surface area (Å²) in [4.78, 5) is 5.16. The Morgan fingerprint density at radius 3 is 1.88 bits per heavy atom. The van der Waals surface area contributed by atoms with E-state index in [1.165, 1.54) is 16.7 Å². The van der Waals surface area contributed by atoms with Crippen LogP contribution in [0.25, 0.3) is 0 Å². The average Bonchev–Trinajstić information content (AvgIpc) is 2.88. The van der Waals surface area contributed by atoms with Crippen molar-refractivity contribution in [3.63, 3.8) is 0 Å². The lowest BCUT2D eigenvalue weighted by atomic mass is 10.0. The number of hydrogen-bond donors (Lipinski definition) is 0. The topological polar surface area (TPSA) is 15.7 Å². The molecule has 0 aliphatic carbocycles. The molecule has 3 nitrogen and oxygen atoms in total. The third kappa shape index (κ3) is 8.12. The molecule has 4 rings (SSSR count). The highest BCUT2D eigenvalue weighted by Crippen LogP contribution is 2.24. The van der Waals surface area contributed by atoms with Crippen LogP contribution < -0.4 is 0 Å². The van der Waals surface area contributed by atoms with Gasteiger partial charge in [-0.05, 0) is 42.4 Å². The Kier molecular flexibility index (Phi) is 9.54. The van der Waals surface area contributed by atoms with E-state index >= 15 is 0 Å². The zero-order valence-electron chi connectivity index (χ0n) is 19.8. The molecule has 0 aromatic heterocycles. The van der Waals surface area contributed by atoms with Crippen LogP contribution in [0.15, 0.2) is 91.0 Å². The molecule has 0 radical (unpaired) electrons. The van der Waals surface area contributed by atoms with Crippen molar-refractivity contribution in [2.24, 2.45) is 0 Å². The Labute approximate surface area is 200 Å². The highest BCUT2D eigenvalue weighted by atomic mass is 16.5. The van der Waals surface area contributed by atoms with Crippen LogP contribution in [-0.4, -0.2) is 49.1 Å². The molecule has 1 aliphatic heterocycles. The van der Waals surface area contributed by atoms with Crippen molar-refractivity contribution >= 4 is 0 Å². The van der Waals surface area contributed by atoms with Crippen LogP contribution in [0.2, 0.25) is 0 Å². The van der Waals surface area contributed by atoms with Gasteiger partial charge in [-0.3, -0.25) is 4.90 Å². The van der Waals surface area contributed by atoms with Gasteiger partial charge < -0.3 is 9.64 Å². The zero-order valence-corrected chi connectivity index (χ0v) is 19.8. The van der Waals surface area contributed by atoms with E-state index in [9.17, 15) is 0 Å². The summed E-state index contributed by atoms with van der Waals surface area (Å²) < 4.78 is 6.42. The van der Waals surface area contributed by atoms with Gasteiger partial charge in [-0.2, -0.15) is 0 Å². The Bertz CT molecular complexity index is 892. The van der Waals surface area contributed by atoms with Crippen LogP contribution in [0.4, 0.5) is 0 Å². The van der Waals surface area contributed by atoms with E-state index in [0.29, 0.717) is 0 Å². The van der Waals surface area contributed by atoms with Crippen molar-refractivity contribution in [2.45, 2.75) is 38.3 Å². The Morgan fingerprint density at radius 2 is 1.21 bits per heavy atom. The summed E-state index contributed by atoms with van der Waals surface area (Å²) in [5.74, 6) is 0. The van der Waals surface area contributed by atoms with Gasteiger partial charge in [0.1, 0.15) is 0 Å². The lowest BCUT2D eigenvalue weighted by Crippen LogP contribution is -2.46. The minimum atomic E-state index is 0.192. The van der Waals surface area contributed by atoms with Crippen molar-refractivity contribution in [1.82, 2.24) is 9.80 Å². The van der Waals surface area contributed by atoms with E-state index in [1.807, 2.05) is 0 Å². The highest BCUT2D eigenvalue weighted by molar-refractivity contribution is 5.18. The molecular weight excluding hydrogens is 404 g/mol. The fourth-order valence-corrected chi connectivity index (χ4v) is 4.68. The number of nitrogens with zero attached hydrogens (tertiary/aromatic N) is 2. The molecule has 1 atom stereocenters. The summed E-state index contributed by atoms with van der Waals surface area (Å²) in [7, 11) is 0. The van der Waals surface area contributed by atoms with Crippen LogP contribution in [0.3, 0.4) is 0 Å². The lowest BCUT2D eigenvalue weighted by Gasteiger charge is -2.34. The first-order valence-electron chi connectivity index (χ1n) is 12.6. The minimum Gasteiger partial charge on any atom is -0.373 e. The first-order valence-corrected chi connectivity index (χ1v) is 12.6. The molecule has 3 aromatic carbocycles. The molecule has 0 bridgehead atoms. The molecule has 1 saturated heterocycles. The van der Waals surface area contributed by atoms with Crippen LogP contribution in [0.1, 0.15) is 42.1 Å². The smallest absolute Gasteiger partial charge is 0.0825 e. The maximum atomic E-state index is 6.42. The summed E-state index contributed by atoms with van der Waals surface area (Å²) in [5, 5.41) is 0. The van der Waals surface area contributed by atoms with Gasteiger partial charge in [-0.1, -0.05) is 91.0 Å². The van der Waals surface area contributed by atoms with Gasteiger partial charge in [-0.15, -0.1) is 0 Å².